The van der Waals surface area contributed by atoms with Crippen molar-refractivity contribution in [3.63, 3.8) is 0 Å². The number of nitrogens with one attached hydrogen (secondary N) is 4. The fraction of sp³-hybridized carbons (Fsp3) is 0.357. The van der Waals surface area contributed by atoms with Gasteiger partial charge in [0, 0.05) is 22.3 Å². The molecule has 7 rings (SSSR count). The zero-order chi connectivity index (χ0) is 26.1. The SMILES string of the molecule is FC1(F)c2cc(-c3cnc([C@@H]4CCCN4)[nH]3)ccc2-c2ccc(-c3cnc([C@@H]4CCCN4)[nH]3)cc2C1(F)F. The van der Waals surface area contributed by atoms with Crippen LogP contribution in [0.15, 0.2) is 48.8 Å². The van der Waals surface area contributed by atoms with Crippen LogP contribution in [-0.2, 0) is 11.8 Å². The number of aromatic amines is 2. The Morgan fingerprint density at radius 2 is 1.11 bits per heavy atom. The molecule has 2 aliphatic heterocycles. The highest BCUT2D eigenvalue weighted by molar-refractivity contribution is 5.81. The molecule has 3 aliphatic rings. The quantitative estimate of drug-likeness (QED) is 0.241. The smallest absolute Gasteiger partial charge is 0.340 e. The van der Waals surface area contributed by atoms with E-state index in [1.165, 1.54) is 12.1 Å². The molecular formula is C28H26F4N6. The zero-order valence-corrected chi connectivity index (χ0v) is 20.4. The molecule has 0 saturated carbocycles. The molecule has 2 fully saturated rings. The van der Waals surface area contributed by atoms with Crippen LogP contribution in [0.4, 0.5) is 17.6 Å². The lowest BCUT2D eigenvalue weighted by atomic mass is 9.79. The summed E-state index contributed by atoms with van der Waals surface area (Å²) in [6, 6.07) is 8.82. The number of nitrogens with zero attached hydrogens (tertiary/aromatic N) is 2. The van der Waals surface area contributed by atoms with E-state index in [4.69, 9.17) is 0 Å². The molecule has 0 bridgehead atoms. The number of imidazole rings is 2. The summed E-state index contributed by atoms with van der Waals surface area (Å²) in [6.07, 6.45) is 7.05. The monoisotopic (exact) mass is 522 g/mol. The van der Waals surface area contributed by atoms with Gasteiger partial charge in [-0.05, 0) is 62.0 Å². The van der Waals surface area contributed by atoms with Crippen molar-refractivity contribution < 1.29 is 17.6 Å². The molecular weight excluding hydrogens is 496 g/mol. The summed E-state index contributed by atoms with van der Waals surface area (Å²) in [4.78, 5) is 15.1. The molecule has 6 nitrogen and oxygen atoms in total. The Labute approximate surface area is 216 Å². The number of rotatable bonds is 4. The summed E-state index contributed by atoms with van der Waals surface area (Å²) in [5.74, 6) is -7.36. The fourth-order valence-electron chi connectivity index (χ4n) is 5.91. The lowest BCUT2D eigenvalue weighted by molar-refractivity contribution is -0.225. The highest BCUT2D eigenvalue weighted by Gasteiger charge is 2.62. The van der Waals surface area contributed by atoms with E-state index in [1.807, 2.05) is 0 Å². The van der Waals surface area contributed by atoms with Gasteiger partial charge in [-0.3, -0.25) is 0 Å². The fourth-order valence-corrected chi connectivity index (χ4v) is 5.91. The van der Waals surface area contributed by atoms with Gasteiger partial charge < -0.3 is 20.6 Å². The molecule has 196 valence electrons. The second-order valence-corrected chi connectivity index (χ2v) is 10.3. The standard InChI is InChI=1S/C28H26F4N6/c29-27(30)19-11-15(23-13-35-25(37-23)21-3-1-9-33-21)5-7-17(19)18-8-6-16(12-20(18)28(27,31)32)24-14-36-26(38-24)22-4-2-10-34-22/h5-8,11-14,21-22,33-34H,1-4,9-10H2,(H,35,37)(H,36,38)/t21-,22-/m0/s1. The first-order chi connectivity index (χ1) is 18.3. The van der Waals surface area contributed by atoms with E-state index >= 15 is 17.6 Å². The number of fused-ring (bicyclic) bond motifs is 3. The molecule has 1 aliphatic carbocycles. The van der Waals surface area contributed by atoms with Crippen LogP contribution in [-0.4, -0.2) is 33.0 Å². The lowest BCUT2D eigenvalue weighted by Gasteiger charge is -2.35. The summed E-state index contributed by atoms with van der Waals surface area (Å²) in [5.41, 5.74) is 0.640. The molecule has 4 aromatic rings. The summed E-state index contributed by atoms with van der Waals surface area (Å²) < 4.78 is 62.1. The predicted molar refractivity (Wildman–Crippen MR) is 135 cm³/mol. The second kappa shape index (κ2) is 8.51. The highest BCUT2D eigenvalue weighted by Crippen LogP contribution is 2.58. The maximum atomic E-state index is 15.5. The third-order valence-corrected chi connectivity index (χ3v) is 7.99. The molecule has 2 aromatic heterocycles. The van der Waals surface area contributed by atoms with Gasteiger partial charge in [-0.15, -0.1) is 0 Å². The molecule has 0 amide bonds. The van der Waals surface area contributed by atoms with Crippen LogP contribution in [0, 0.1) is 0 Å². The van der Waals surface area contributed by atoms with E-state index in [0.29, 0.717) is 22.5 Å². The van der Waals surface area contributed by atoms with Gasteiger partial charge in [-0.2, -0.15) is 17.6 Å². The summed E-state index contributed by atoms with van der Waals surface area (Å²) >= 11 is 0. The van der Waals surface area contributed by atoms with Crippen LogP contribution < -0.4 is 10.6 Å². The maximum Gasteiger partial charge on any atom is 0.340 e. The molecule has 10 heteroatoms. The van der Waals surface area contributed by atoms with Crippen LogP contribution >= 0.6 is 0 Å². The normalized spacial score (nSPS) is 23.4. The summed E-state index contributed by atoms with van der Waals surface area (Å²) in [7, 11) is 0. The second-order valence-electron chi connectivity index (χ2n) is 10.3. The van der Waals surface area contributed by atoms with Gasteiger partial charge in [0.15, 0.2) is 0 Å². The predicted octanol–water partition coefficient (Wildman–Crippen LogP) is 6.18. The van der Waals surface area contributed by atoms with Crippen molar-refractivity contribution >= 4 is 0 Å². The summed E-state index contributed by atoms with van der Waals surface area (Å²) in [5, 5.41) is 6.66. The van der Waals surface area contributed by atoms with Crippen molar-refractivity contribution in [2.45, 2.75) is 49.6 Å². The van der Waals surface area contributed by atoms with Crippen molar-refractivity contribution in [3.05, 3.63) is 71.6 Å². The van der Waals surface area contributed by atoms with E-state index in [1.54, 1.807) is 24.5 Å². The average molecular weight is 523 g/mol. The van der Waals surface area contributed by atoms with Crippen molar-refractivity contribution in [3.8, 4) is 33.6 Å². The number of hydrogen-bond acceptors (Lipinski definition) is 4. The third-order valence-electron chi connectivity index (χ3n) is 7.99. The minimum atomic E-state index is -4.40. The third kappa shape index (κ3) is 3.54. The average Bonchev–Trinajstić information content (AvgIpc) is 3.74. The van der Waals surface area contributed by atoms with Gasteiger partial charge in [0.05, 0.1) is 35.9 Å². The number of hydrogen-bond donors (Lipinski definition) is 4. The first-order valence-corrected chi connectivity index (χ1v) is 13.0. The number of halogens is 4. The molecule has 4 heterocycles. The Balaban J connectivity index is 1.28. The van der Waals surface area contributed by atoms with Crippen LogP contribution in [0.1, 0.15) is 60.5 Å². The van der Waals surface area contributed by atoms with E-state index in [-0.39, 0.29) is 23.2 Å². The Bertz CT molecular complexity index is 1400. The van der Waals surface area contributed by atoms with Crippen LogP contribution in [0.5, 0.6) is 0 Å². The Hall–Kier alpha value is -3.50. The Morgan fingerprint density at radius 1 is 0.658 bits per heavy atom. The largest absolute Gasteiger partial charge is 0.341 e. The van der Waals surface area contributed by atoms with E-state index in [0.717, 1.165) is 62.6 Å². The van der Waals surface area contributed by atoms with Crippen molar-refractivity contribution in [2.75, 3.05) is 13.1 Å². The maximum absolute atomic E-state index is 15.5. The molecule has 38 heavy (non-hydrogen) atoms. The van der Waals surface area contributed by atoms with Crippen LogP contribution in [0.2, 0.25) is 0 Å². The highest BCUT2D eigenvalue weighted by atomic mass is 19.3. The molecule has 4 N–H and O–H groups in total. The van der Waals surface area contributed by atoms with Gasteiger partial charge in [0.2, 0.25) is 0 Å². The first-order valence-electron chi connectivity index (χ1n) is 13.0. The Morgan fingerprint density at radius 3 is 1.50 bits per heavy atom. The van der Waals surface area contributed by atoms with Crippen molar-refractivity contribution in [2.24, 2.45) is 0 Å². The Kier molecular flexibility index (Phi) is 5.28. The van der Waals surface area contributed by atoms with Gasteiger partial charge in [0.1, 0.15) is 11.6 Å². The van der Waals surface area contributed by atoms with E-state index in [9.17, 15) is 0 Å². The molecule has 2 aromatic carbocycles. The number of aromatic nitrogens is 4. The summed E-state index contributed by atoms with van der Waals surface area (Å²) in [6.45, 7) is 1.78. The van der Waals surface area contributed by atoms with Gasteiger partial charge in [-0.25, -0.2) is 9.97 Å². The zero-order valence-electron chi connectivity index (χ0n) is 20.4. The number of H-pyrrole nitrogens is 2. The minimum Gasteiger partial charge on any atom is -0.341 e. The van der Waals surface area contributed by atoms with Crippen molar-refractivity contribution in [1.82, 2.24) is 30.6 Å². The van der Waals surface area contributed by atoms with E-state index < -0.39 is 23.0 Å². The van der Waals surface area contributed by atoms with E-state index in [2.05, 4.69) is 30.6 Å². The van der Waals surface area contributed by atoms with Crippen LogP contribution in [0.3, 0.4) is 0 Å². The molecule has 0 spiro atoms. The number of alkyl halides is 4. The molecule has 0 radical (unpaired) electrons. The molecule has 0 unspecified atom stereocenters. The van der Waals surface area contributed by atoms with Crippen molar-refractivity contribution in [1.29, 1.82) is 0 Å². The topological polar surface area (TPSA) is 81.4 Å². The van der Waals surface area contributed by atoms with Gasteiger partial charge in [-0.1, -0.05) is 24.3 Å². The van der Waals surface area contributed by atoms with Crippen LogP contribution in [0.25, 0.3) is 33.6 Å². The minimum absolute atomic E-state index is 0.0774. The lowest BCUT2D eigenvalue weighted by Crippen LogP contribution is -2.39. The van der Waals surface area contributed by atoms with Gasteiger partial charge in [0.25, 0.3) is 0 Å². The first kappa shape index (κ1) is 23.6. The molecule has 2 atom stereocenters. The number of benzene rings is 2. The van der Waals surface area contributed by atoms with Gasteiger partial charge >= 0.3 is 11.8 Å². The molecule has 2 saturated heterocycles.